The van der Waals surface area contributed by atoms with Crippen molar-refractivity contribution in [1.82, 2.24) is 4.98 Å². The molecule has 0 saturated carbocycles. The van der Waals surface area contributed by atoms with Gasteiger partial charge in [-0.25, -0.2) is 4.98 Å². The van der Waals surface area contributed by atoms with Gasteiger partial charge in [0.1, 0.15) is 10.6 Å². The summed E-state index contributed by atoms with van der Waals surface area (Å²) in [6, 6.07) is 13.5. The molecule has 1 heterocycles. The molecule has 2 aromatic carbocycles. The molecule has 6 heteroatoms. The number of hydrogen-bond acceptors (Lipinski definition) is 5. The second-order valence-electron chi connectivity index (χ2n) is 5.99. The number of carbonyl (C=O) groups excluding carboxylic acids is 1. The van der Waals surface area contributed by atoms with Crippen LogP contribution in [0, 0.1) is 20.8 Å². The van der Waals surface area contributed by atoms with E-state index in [9.17, 15) is 4.79 Å². The Morgan fingerprint density at radius 3 is 2.65 bits per heavy atom. The van der Waals surface area contributed by atoms with E-state index in [2.05, 4.69) is 15.6 Å². The van der Waals surface area contributed by atoms with Gasteiger partial charge in [0.25, 0.3) is 5.91 Å². The SMILES string of the molecule is COc1cccc(Nc2nc(C)c(C(=O)Nc3cccc(C)c3C)s2)c1. The number of anilines is 3. The van der Waals surface area contributed by atoms with Crippen molar-refractivity contribution >= 4 is 33.8 Å². The molecule has 0 aliphatic heterocycles. The van der Waals surface area contributed by atoms with E-state index in [0.29, 0.717) is 15.7 Å². The molecule has 0 spiro atoms. The van der Waals surface area contributed by atoms with Crippen molar-refractivity contribution in [2.24, 2.45) is 0 Å². The minimum Gasteiger partial charge on any atom is -0.497 e. The number of carbonyl (C=O) groups is 1. The molecule has 0 aliphatic carbocycles. The predicted molar refractivity (Wildman–Crippen MR) is 107 cm³/mol. The standard InChI is InChI=1S/C20H21N3O2S/c1-12-7-5-10-17(13(12)2)23-19(24)18-14(3)21-20(26-18)22-15-8-6-9-16(11-15)25-4/h5-11H,1-4H3,(H,21,22)(H,23,24). The highest BCUT2D eigenvalue weighted by molar-refractivity contribution is 7.17. The first-order valence-electron chi connectivity index (χ1n) is 8.24. The van der Waals surface area contributed by atoms with Gasteiger partial charge in [0, 0.05) is 17.4 Å². The molecule has 0 radical (unpaired) electrons. The molecule has 0 unspecified atom stereocenters. The quantitative estimate of drug-likeness (QED) is 0.661. The summed E-state index contributed by atoms with van der Waals surface area (Å²) in [6.07, 6.45) is 0. The number of aryl methyl sites for hydroxylation is 2. The second-order valence-corrected chi connectivity index (χ2v) is 6.99. The highest BCUT2D eigenvalue weighted by Crippen LogP contribution is 2.28. The molecule has 5 nitrogen and oxygen atoms in total. The second kappa shape index (κ2) is 7.58. The number of ether oxygens (including phenoxy) is 1. The molecular weight excluding hydrogens is 346 g/mol. The van der Waals surface area contributed by atoms with Gasteiger partial charge >= 0.3 is 0 Å². The third-order valence-electron chi connectivity index (χ3n) is 4.18. The Balaban J connectivity index is 1.79. The topological polar surface area (TPSA) is 63.2 Å². The van der Waals surface area contributed by atoms with Crippen molar-refractivity contribution in [2.45, 2.75) is 20.8 Å². The van der Waals surface area contributed by atoms with Crippen LogP contribution < -0.4 is 15.4 Å². The van der Waals surface area contributed by atoms with Crippen molar-refractivity contribution in [1.29, 1.82) is 0 Å². The molecule has 0 aliphatic rings. The Labute approximate surface area is 157 Å². The smallest absolute Gasteiger partial charge is 0.267 e. The maximum Gasteiger partial charge on any atom is 0.267 e. The Kier molecular flexibility index (Phi) is 5.23. The van der Waals surface area contributed by atoms with Gasteiger partial charge in [0.15, 0.2) is 5.13 Å². The molecule has 0 saturated heterocycles. The minimum absolute atomic E-state index is 0.146. The van der Waals surface area contributed by atoms with Crippen LogP contribution >= 0.6 is 11.3 Å². The molecule has 2 N–H and O–H groups in total. The maximum atomic E-state index is 12.7. The van der Waals surface area contributed by atoms with Crippen LogP contribution in [0.1, 0.15) is 26.5 Å². The number of methoxy groups -OCH3 is 1. The molecule has 0 fully saturated rings. The van der Waals surface area contributed by atoms with Gasteiger partial charge in [-0.05, 0) is 50.1 Å². The molecular formula is C20H21N3O2S. The Hall–Kier alpha value is -2.86. The van der Waals surface area contributed by atoms with Crippen LogP contribution in [-0.2, 0) is 0 Å². The lowest BCUT2D eigenvalue weighted by atomic mass is 10.1. The van der Waals surface area contributed by atoms with Crippen molar-refractivity contribution in [2.75, 3.05) is 17.7 Å². The molecule has 134 valence electrons. The molecule has 0 atom stereocenters. The fourth-order valence-electron chi connectivity index (χ4n) is 2.55. The van der Waals surface area contributed by atoms with Crippen LogP contribution in [0.5, 0.6) is 5.75 Å². The average Bonchev–Trinajstić information content (AvgIpc) is 2.99. The number of benzene rings is 2. The van der Waals surface area contributed by atoms with Gasteiger partial charge in [0.05, 0.1) is 12.8 Å². The first-order valence-corrected chi connectivity index (χ1v) is 9.05. The third kappa shape index (κ3) is 3.86. The number of amides is 1. The largest absolute Gasteiger partial charge is 0.497 e. The summed E-state index contributed by atoms with van der Waals surface area (Å²) in [5.74, 6) is 0.614. The predicted octanol–water partition coefficient (Wildman–Crippen LogP) is 5.07. The normalized spacial score (nSPS) is 10.5. The molecule has 1 aromatic heterocycles. The molecule has 0 bridgehead atoms. The zero-order chi connectivity index (χ0) is 18.7. The van der Waals surface area contributed by atoms with E-state index in [0.717, 1.165) is 28.3 Å². The number of hydrogen-bond donors (Lipinski definition) is 2. The molecule has 1 amide bonds. The zero-order valence-electron chi connectivity index (χ0n) is 15.2. The fraction of sp³-hybridized carbons (Fsp3) is 0.200. The maximum absolute atomic E-state index is 12.7. The van der Waals surface area contributed by atoms with Gasteiger partial charge < -0.3 is 15.4 Å². The number of rotatable bonds is 5. The van der Waals surface area contributed by atoms with Crippen molar-refractivity contribution in [3.05, 3.63) is 64.2 Å². The zero-order valence-corrected chi connectivity index (χ0v) is 16.0. The average molecular weight is 367 g/mol. The summed E-state index contributed by atoms with van der Waals surface area (Å²) in [4.78, 5) is 17.7. The van der Waals surface area contributed by atoms with Gasteiger partial charge in [-0.3, -0.25) is 4.79 Å². The van der Waals surface area contributed by atoms with E-state index in [4.69, 9.17) is 4.74 Å². The van der Waals surface area contributed by atoms with E-state index in [1.54, 1.807) is 7.11 Å². The highest BCUT2D eigenvalue weighted by atomic mass is 32.1. The summed E-state index contributed by atoms with van der Waals surface area (Å²) in [5.41, 5.74) is 4.59. The van der Waals surface area contributed by atoms with E-state index in [1.807, 2.05) is 63.2 Å². The van der Waals surface area contributed by atoms with Crippen LogP contribution in [0.4, 0.5) is 16.5 Å². The lowest BCUT2D eigenvalue weighted by molar-refractivity contribution is 0.102. The van der Waals surface area contributed by atoms with Gasteiger partial charge in [-0.15, -0.1) is 0 Å². The Bertz CT molecular complexity index is 950. The summed E-state index contributed by atoms with van der Waals surface area (Å²) in [6.45, 7) is 5.87. The fourth-order valence-corrected chi connectivity index (χ4v) is 3.43. The first-order chi connectivity index (χ1) is 12.5. The Morgan fingerprint density at radius 1 is 1.12 bits per heavy atom. The summed E-state index contributed by atoms with van der Waals surface area (Å²) in [5, 5.41) is 6.88. The van der Waals surface area contributed by atoms with Crippen LogP contribution in [0.2, 0.25) is 0 Å². The van der Waals surface area contributed by atoms with Gasteiger partial charge in [-0.1, -0.05) is 29.5 Å². The van der Waals surface area contributed by atoms with E-state index < -0.39 is 0 Å². The van der Waals surface area contributed by atoms with Crippen molar-refractivity contribution < 1.29 is 9.53 Å². The lowest BCUT2D eigenvalue weighted by Crippen LogP contribution is -2.12. The van der Waals surface area contributed by atoms with E-state index >= 15 is 0 Å². The molecule has 3 rings (SSSR count). The number of aromatic nitrogens is 1. The van der Waals surface area contributed by atoms with E-state index in [-0.39, 0.29) is 5.91 Å². The number of nitrogens with zero attached hydrogens (tertiary/aromatic N) is 1. The highest BCUT2D eigenvalue weighted by Gasteiger charge is 2.16. The minimum atomic E-state index is -0.146. The van der Waals surface area contributed by atoms with Gasteiger partial charge in [-0.2, -0.15) is 0 Å². The van der Waals surface area contributed by atoms with E-state index in [1.165, 1.54) is 11.3 Å². The van der Waals surface area contributed by atoms with Crippen LogP contribution in [0.15, 0.2) is 42.5 Å². The third-order valence-corrected chi connectivity index (χ3v) is 5.25. The van der Waals surface area contributed by atoms with Crippen molar-refractivity contribution in [3.8, 4) is 5.75 Å². The monoisotopic (exact) mass is 367 g/mol. The van der Waals surface area contributed by atoms with Crippen LogP contribution in [0.3, 0.4) is 0 Å². The first kappa shape index (κ1) is 17.9. The number of thiazole rings is 1. The van der Waals surface area contributed by atoms with Crippen molar-refractivity contribution in [3.63, 3.8) is 0 Å². The van der Waals surface area contributed by atoms with Crippen LogP contribution in [0.25, 0.3) is 0 Å². The Morgan fingerprint density at radius 2 is 1.88 bits per heavy atom. The summed E-state index contributed by atoms with van der Waals surface area (Å²) >= 11 is 1.33. The van der Waals surface area contributed by atoms with Gasteiger partial charge in [0.2, 0.25) is 0 Å². The number of nitrogens with one attached hydrogen (secondary N) is 2. The molecule has 3 aromatic rings. The van der Waals surface area contributed by atoms with Crippen LogP contribution in [-0.4, -0.2) is 18.0 Å². The lowest BCUT2D eigenvalue weighted by Gasteiger charge is -2.09. The summed E-state index contributed by atoms with van der Waals surface area (Å²) < 4.78 is 5.23. The summed E-state index contributed by atoms with van der Waals surface area (Å²) in [7, 11) is 1.63. The molecule has 26 heavy (non-hydrogen) atoms.